The Morgan fingerprint density at radius 3 is 0.953 bits per heavy atom. The molecule has 0 saturated carbocycles. The van der Waals surface area contributed by atoms with Crippen LogP contribution in [0.3, 0.4) is 0 Å². The van der Waals surface area contributed by atoms with Crippen molar-refractivity contribution < 1.29 is 28.6 Å². The van der Waals surface area contributed by atoms with Crippen molar-refractivity contribution in [3.8, 4) is 0 Å². The van der Waals surface area contributed by atoms with E-state index in [1.165, 1.54) is 96.3 Å². The van der Waals surface area contributed by atoms with Gasteiger partial charge in [-0.3, -0.25) is 14.4 Å². The molecule has 0 radical (unpaired) electrons. The molecule has 0 amide bonds. The van der Waals surface area contributed by atoms with Gasteiger partial charge in [0.1, 0.15) is 13.2 Å². The van der Waals surface area contributed by atoms with Gasteiger partial charge in [-0.1, -0.05) is 234 Å². The van der Waals surface area contributed by atoms with Gasteiger partial charge >= 0.3 is 17.9 Å². The van der Waals surface area contributed by atoms with Crippen LogP contribution in [0.25, 0.3) is 0 Å². The van der Waals surface area contributed by atoms with Crippen LogP contribution in [0, 0.1) is 0 Å². The maximum absolute atomic E-state index is 12.8. The summed E-state index contributed by atoms with van der Waals surface area (Å²) in [5, 5.41) is 0. The molecule has 0 aliphatic carbocycles. The van der Waals surface area contributed by atoms with Gasteiger partial charge in [-0.15, -0.1) is 0 Å². The minimum absolute atomic E-state index is 0.0847. The summed E-state index contributed by atoms with van der Waals surface area (Å²) in [5.74, 6) is -0.920. The number of esters is 3. The zero-order chi connectivity index (χ0) is 46.5. The van der Waals surface area contributed by atoms with Crippen molar-refractivity contribution >= 4 is 17.9 Å². The van der Waals surface area contributed by atoms with Crippen LogP contribution in [0.1, 0.15) is 245 Å². The molecule has 64 heavy (non-hydrogen) atoms. The fourth-order valence-corrected chi connectivity index (χ4v) is 7.19. The summed E-state index contributed by atoms with van der Waals surface area (Å²) in [7, 11) is 0. The van der Waals surface area contributed by atoms with Crippen molar-refractivity contribution in [1.82, 2.24) is 0 Å². The van der Waals surface area contributed by atoms with E-state index in [2.05, 4.69) is 106 Å². The summed E-state index contributed by atoms with van der Waals surface area (Å²) < 4.78 is 16.7. The van der Waals surface area contributed by atoms with Crippen LogP contribution in [-0.4, -0.2) is 37.2 Å². The molecular formula is C58H98O6. The van der Waals surface area contributed by atoms with E-state index in [0.29, 0.717) is 19.3 Å². The SMILES string of the molecule is CC/C=C\C/C=C\C/C=C\C/C=C\C/C=C\C/C=C\C/C=C\CCCCCC(=O)OCC(COC(=O)CCCCCCCCCCC)OC(=O)CCCCCCCCCCCCCC. The first-order chi connectivity index (χ1) is 31.5. The predicted octanol–water partition coefficient (Wildman–Crippen LogP) is 17.6. The lowest BCUT2D eigenvalue weighted by atomic mass is 10.0. The number of carbonyl (C=O) groups is 3. The van der Waals surface area contributed by atoms with E-state index >= 15 is 0 Å². The number of hydrogen-bond donors (Lipinski definition) is 0. The van der Waals surface area contributed by atoms with Crippen LogP contribution >= 0.6 is 0 Å². The molecule has 1 unspecified atom stereocenters. The molecule has 0 rings (SSSR count). The average molecular weight is 891 g/mol. The Labute approximate surface area is 395 Å². The lowest BCUT2D eigenvalue weighted by Gasteiger charge is -2.18. The van der Waals surface area contributed by atoms with Gasteiger partial charge in [-0.2, -0.15) is 0 Å². The summed E-state index contributed by atoms with van der Waals surface area (Å²) in [4.78, 5) is 37.9. The molecule has 0 heterocycles. The second kappa shape index (κ2) is 52.2. The standard InChI is InChI=1S/C58H98O6/c1-4-7-10-13-16-19-21-23-24-25-26-27-28-29-30-31-32-33-34-35-37-39-42-45-48-51-57(60)63-54-55(53-62-56(59)50-47-44-41-38-18-15-12-9-6-3)64-58(61)52-49-46-43-40-36-22-20-17-14-11-8-5-2/h7,10,16,19,23-24,26-27,29-30,32-33,35,37,55H,4-6,8-9,11-15,17-18,20-22,25,28,31,34,36,38-54H2,1-3H3/b10-7-,19-16-,24-23-,27-26-,30-29-,33-32-,37-35-. The lowest BCUT2D eigenvalue weighted by molar-refractivity contribution is -0.167. The molecule has 0 spiro atoms. The Hall–Kier alpha value is -3.41. The third-order valence-electron chi connectivity index (χ3n) is 11.2. The van der Waals surface area contributed by atoms with Crippen molar-refractivity contribution in [2.24, 2.45) is 0 Å². The van der Waals surface area contributed by atoms with E-state index in [1.54, 1.807) is 0 Å². The molecule has 366 valence electrons. The highest BCUT2D eigenvalue weighted by atomic mass is 16.6. The number of unbranched alkanes of at least 4 members (excludes halogenated alkanes) is 22. The van der Waals surface area contributed by atoms with E-state index in [0.717, 1.165) is 109 Å². The van der Waals surface area contributed by atoms with E-state index < -0.39 is 6.10 Å². The van der Waals surface area contributed by atoms with E-state index in [9.17, 15) is 14.4 Å². The van der Waals surface area contributed by atoms with Gasteiger partial charge in [0.2, 0.25) is 0 Å². The first-order valence-electron chi connectivity index (χ1n) is 26.6. The summed E-state index contributed by atoms with van der Waals surface area (Å²) in [6.07, 6.45) is 67.2. The van der Waals surface area contributed by atoms with Gasteiger partial charge in [0.05, 0.1) is 0 Å². The summed E-state index contributed by atoms with van der Waals surface area (Å²) in [6.45, 7) is 6.47. The molecule has 0 aromatic carbocycles. The van der Waals surface area contributed by atoms with Crippen LogP contribution in [0.2, 0.25) is 0 Å². The Bertz CT molecular complexity index is 1250. The average Bonchev–Trinajstić information content (AvgIpc) is 3.29. The largest absolute Gasteiger partial charge is 0.462 e. The second-order valence-electron chi connectivity index (χ2n) is 17.4. The van der Waals surface area contributed by atoms with Gasteiger partial charge in [0, 0.05) is 19.3 Å². The second-order valence-corrected chi connectivity index (χ2v) is 17.4. The van der Waals surface area contributed by atoms with Crippen LogP contribution in [0.4, 0.5) is 0 Å². The molecule has 0 aliphatic rings. The van der Waals surface area contributed by atoms with E-state index in [-0.39, 0.29) is 31.1 Å². The molecular weight excluding hydrogens is 793 g/mol. The van der Waals surface area contributed by atoms with Crippen LogP contribution in [0.5, 0.6) is 0 Å². The highest BCUT2D eigenvalue weighted by Gasteiger charge is 2.19. The van der Waals surface area contributed by atoms with Crippen LogP contribution < -0.4 is 0 Å². The maximum atomic E-state index is 12.8. The number of ether oxygens (including phenoxy) is 3. The summed E-state index contributed by atoms with van der Waals surface area (Å²) in [5.41, 5.74) is 0. The van der Waals surface area contributed by atoms with Crippen molar-refractivity contribution in [2.75, 3.05) is 13.2 Å². The van der Waals surface area contributed by atoms with Gasteiger partial charge in [-0.25, -0.2) is 0 Å². The fourth-order valence-electron chi connectivity index (χ4n) is 7.19. The minimum Gasteiger partial charge on any atom is -0.462 e. The highest BCUT2D eigenvalue weighted by Crippen LogP contribution is 2.15. The number of allylic oxidation sites excluding steroid dienone is 14. The van der Waals surface area contributed by atoms with Gasteiger partial charge in [-0.05, 0) is 77.0 Å². The van der Waals surface area contributed by atoms with E-state index in [1.807, 2.05) is 0 Å². The Morgan fingerprint density at radius 1 is 0.328 bits per heavy atom. The van der Waals surface area contributed by atoms with Crippen molar-refractivity contribution in [3.63, 3.8) is 0 Å². The quantitative estimate of drug-likeness (QED) is 0.0262. The molecule has 0 bridgehead atoms. The molecule has 0 saturated heterocycles. The van der Waals surface area contributed by atoms with Crippen molar-refractivity contribution in [1.29, 1.82) is 0 Å². The predicted molar refractivity (Wildman–Crippen MR) is 274 cm³/mol. The zero-order valence-electron chi connectivity index (χ0n) is 41.8. The number of carbonyl (C=O) groups excluding carboxylic acids is 3. The summed E-state index contributed by atoms with van der Waals surface area (Å²) in [6, 6.07) is 0. The van der Waals surface area contributed by atoms with E-state index in [4.69, 9.17) is 14.2 Å². The topological polar surface area (TPSA) is 78.9 Å². The lowest BCUT2D eigenvalue weighted by Crippen LogP contribution is -2.30. The normalized spacial score (nSPS) is 12.7. The van der Waals surface area contributed by atoms with Crippen LogP contribution in [-0.2, 0) is 28.6 Å². The third kappa shape index (κ3) is 49.6. The zero-order valence-corrected chi connectivity index (χ0v) is 41.8. The fraction of sp³-hybridized carbons (Fsp3) is 0.707. The molecule has 0 aliphatic heterocycles. The third-order valence-corrected chi connectivity index (χ3v) is 11.2. The van der Waals surface area contributed by atoms with Gasteiger partial charge < -0.3 is 14.2 Å². The number of hydrogen-bond acceptors (Lipinski definition) is 6. The first kappa shape index (κ1) is 60.6. The monoisotopic (exact) mass is 891 g/mol. The Balaban J connectivity index is 4.32. The minimum atomic E-state index is -0.785. The van der Waals surface area contributed by atoms with Crippen molar-refractivity contribution in [2.45, 2.75) is 252 Å². The summed E-state index contributed by atoms with van der Waals surface area (Å²) >= 11 is 0. The molecule has 1 atom stereocenters. The number of rotatable bonds is 47. The van der Waals surface area contributed by atoms with Crippen LogP contribution in [0.15, 0.2) is 85.1 Å². The Morgan fingerprint density at radius 2 is 0.609 bits per heavy atom. The first-order valence-corrected chi connectivity index (χ1v) is 26.6. The van der Waals surface area contributed by atoms with Crippen molar-refractivity contribution in [3.05, 3.63) is 85.1 Å². The molecule has 6 heteroatoms. The maximum Gasteiger partial charge on any atom is 0.306 e. The van der Waals surface area contributed by atoms with Gasteiger partial charge in [0.15, 0.2) is 6.10 Å². The molecule has 0 fully saturated rings. The highest BCUT2D eigenvalue weighted by molar-refractivity contribution is 5.71. The smallest absolute Gasteiger partial charge is 0.306 e. The molecule has 0 N–H and O–H groups in total. The Kier molecular flexibility index (Phi) is 49.4. The molecule has 0 aromatic rings. The molecule has 6 nitrogen and oxygen atoms in total. The molecule has 0 aromatic heterocycles. The van der Waals surface area contributed by atoms with Gasteiger partial charge in [0.25, 0.3) is 0 Å².